The van der Waals surface area contributed by atoms with E-state index in [0.29, 0.717) is 18.7 Å². The van der Waals surface area contributed by atoms with Crippen LogP contribution in [-0.4, -0.2) is 33.4 Å². The second-order valence-corrected chi connectivity index (χ2v) is 5.32. The molecule has 0 saturated heterocycles. The van der Waals surface area contributed by atoms with Crippen LogP contribution >= 0.6 is 0 Å². The lowest BCUT2D eigenvalue weighted by Crippen LogP contribution is -2.36. The highest BCUT2D eigenvalue weighted by Crippen LogP contribution is 2.22. The van der Waals surface area contributed by atoms with Gasteiger partial charge in [-0.05, 0) is 42.2 Å². The molecule has 1 amide bonds. The van der Waals surface area contributed by atoms with Crippen molar-refractivity contribution in [2.24, 2.45) is 0 Å². The van der Waals surface area contributed by atoms with Gasteiger partial charge in [-0.1, -0.05) is 6.07 Å². The summed E-state index contributed by atoms with van der Waals surface area (Å²) in [6.07, 6.45) is 4.26. The van der Waals surface area contributed by atoms with E-state index in [-0.39, 0.29) is 11.5 Å². The average Bonchev–Trinajstić information content (AvgIpc) is 2.91. The fourth-order valence-electron chi connectivity index (χ4n) is 2.71. The van der Waals surface area contributed by atoms with Crippen LogP contribution in [0, 0.1) is 6.92 Å². The van der Waals surface area contributed by atoms with Crippen LogP contribution < -0.4 is 0 Å². The number of carbonyl (C=O) groups excluding carboxylic acids is 1. The second-order valence-electron chi connectivity index (χ2n) is 5.32. The number of carboxylic acid groups (broad SMARTS) is 1. The number of benzene rings is 1. The topological polar surface area (TPSA) is 73.4 Å². The third-order valence-electron chi connectivity index (χ3n) is 3.94. The van der Waals surface area contributed by atoms with Crippen molar-refractivity contribution in [1.29, 1.82) is 0 Å². The van der Waals surface area contributed by atoms with E-state index in [0.717, 1.165) is 23.1 Å². The maximum atomic E-state index is 12.5. The van der Waals surface area contributed by atoms with Gasteiger partial charge in [0.25, 0.3) is 5.91 Å². The maximum Gasteiger partial charge on any atom is 0.335 e. The Labute approximate surface area is 122 Å². The first-order valence-corrected chi connectivity index (χ1v) is 6.84. The van der Waals surface area contributed by atoms with Crippen molar-refractivity contribution in [3.63, 3.8) is 0 Å². The van der Waals surface area contributed by atoms with E-state index in [2.05, 4.69) is 4.98 Å². The lowest BCUT2D eigenvalue weighted by Gasteiger charge is -2.29. The quantitative estimate of drug-likeness (QED) is 0.888. The number of hydrogen-bond donors (Lipinski definition) is 2. The zero-order valence-electron chi connectivity index (χ0n) is 11.7. The first-order chi connectivity index (χ1) is 10.1. The third kappa shape index (κ3) is 2.42. The number of nitrogens with zero attached hydrogens (tertiary/aromatic N) is 1. The summed E-state index contributed by atoms with van der Waals surface area (Å²) in [6, 6.07) is 5.14. The lowest BCUT2D eigenvalue weighted by molar-refractivity contribution is 0.0696. The Hall–Kier alpha value is -2.56. The molecule has 2 aromatic rings. The van der Waals surface area contributed by atoms with Gasteiger partial charge in [0.1, 0.15) is 0 Å². The fraction of sp³-hybridized carbons (Fsp3) is 0.250. The minimum Gasteiger partial charge on any atom is -0.478 e. The van der Waals surface area contributed by atoms with E-state index in [1.54, 1.807) is 29.4 Å². The van der Waals surface area contributed by atoms with Gasteiger partial charge in [-0.3, -0.25) is 4.79 Å². The molecule has 0 saturated carbocycles. The molecule has 108 valence electrons. The summed E-state index contributed by atoms with van der Waals surface area (Å²) in [6.45, 7) is 3.01. The summed E-state index contributed by atoms with van der Waals surface area (Å²) < 4.78 is 0. The van der Waals surface area contributed by atoms with E-state index < -0.39 is 5.97 Å². The normalized spacial score (nSPS) is 13.9. The molecule has 1 aromatic carbocycles. The van der Waals surface area contributed by atoms with Crippen LogP contribution in [0.3, 0.4) is 0 Å². The number of carbonyl (C=O) groups is 2. The molecule has 2 heterocycles. The lowest BCUT2D eigenvalue weighted by atomic mass is 9.97. The Kier molecular flexibility index (Phi) is 3.25. The standard InChI is InChI=1S/C16H16N2O3/c1-10-7-17-8-14(10)15(19)18-5-4-11-2-3-12(16(20)21)6-13(11)9-18/h2-3,6-8,17H,4-5,9H2,1H3,(H,20,21). The van der Waals surface area contributed by atoms with Gasteiger partial charge in [-0.2, -0.15) is 0 Å². The summed E-state index contributed by atoms with van der Waals surface area (Å²) in [5, 5.41) is 9.06. The molecular formula is C16H16N2O3. The van der Waals surface area contributed by atoms with E-state index in [1.165, 1.54) is 0 Å². The summed E-state index contributed by atoms with van der Waals surface area (Å²) >= 11 is 0. The molecule has 0 radical (unpaired) electrons. The second kappa shape index (κ2) is 5.09. The van der Waals surface area contributed by atoms with Crippen molar-refractivity contribution >= 4 is 11.9 Å². The molecule has 21 heavy (non-hydrogen) atoms. The van der Waals surface area contributed by atoms with Crippen LogP contribution in [0.5, 0.6) is 0 Å². The van der Waals surface area contributed by atoms with Gasteiger partial charge >= 0.3 is 5.97 Å². The number of aromatic nitrogens is 1. The molecule has 3 rings (SSSR count). The van der Waals surface area contributed by atoms with E-state index in [9.17, 15) is 9.59 Å². The fourth-order valence-corrected chi connectivity index (χ4v) is 2.71. The molecule has 0 bridgehead atoms. The van der Waals surface area contributed by atoms with Crippen molar-refractivity contribution in [2.75, 3.05) is 6.54 Å². The zero-order valence-corrected chi connectivity index (χ0v) is 11.7. The van der Waals surface area contributed by atoms with Crippen LogP contribution in [0.2, 0.25) is 0 Å². The molecule has 1 aromatic heterocycles. The summed E-state index contributed by atoms with van der Waals surface area (Å²) in [7, 11) is 0. The molecule has 2 N–H and O–H groups in total. The van der Waals surface area contributed by atoms with E-state index in [4.69, 9.17) is 5.11 Å². The predicted molar refractivity (Wildman–Crippen MR) is 77.4 cm³/mol. The van der Waals surface area contributed by atoms with Gasteiger partial charge in [-0.25, -0.2) is 4.79 Å². The average molecular weight is 284 g/mol. The van der Waals surface area contributed by atoms with Gasteiger partial charge in [0, 0.05) is 25.5 Å². The first kappa shape index (κ1) is 13.4. The van der Waals surface area contributed by atoms with Crippen LogP contribution in [0.4, 0.5) is 0 Å². The molecule has 0 unspecified atom stereocenters. The number of nitrogens with one attached hydrogen (secondary N) is 1. The van der Waals surface area contributed by atoms with Crippen molar-refractivity contribution < 1.29 is 14.7 Å². The zero-order chi connectivity index (χ0) is 15.0. The van der Waals surface area contributed by atoms with Crippen molar-refractivity contribution in [3.8, 4) is 0 Å². The molecule has 5 heteroatoms. The Balaban J connectivity index is 1.87. The number of aromatic carboxylic acids is 1. The Morgan fingerprint density at radius 3 is 2.71 bits per heavy atom. The number of amides is 1. The molecule has 0 fully saturated rings. The number of carboxylic acids is 1. The Morgan fingerprint density at radius 2 is 2.05 bits per heavy atom. The monoisotopic (exact) mass is 284 g/mol. The predicted octanol–water partition coefficient (Wildman–Crippen LogP) is 2.22. The minimum atomic E-state index is -0.942. The van der Waals surface area contributed by atoms with Gasteiger partial charge < -0.3 is 15.0 Å². The molecule has 0 spiro atoms. The molecule has 0 atom stereocenters. The van der Waals surface area contributed by atoms with Gasteiger partial charge in [0.05, 0.1) is 11.1 Å². The molecule has 1 aliphatic heterocycles. The molecule has 1 aliphatic rings. The number of rotatable bonds is 2. The van der Waals surface area contributed by atoms with Crippen molar-refractivity contribution in [3.05, 3.63) is 58.4 Å². The SMILES string of the molecule is Cc1c[nH]cc1C(=O)N1CCc2ccc(C(=O)O)cc2C1. The third-order valence-corrected chi connectivity index (χ3v) is 3.94. The Bertz CT molecular complexity index is 718. The van der Waals surface area contributed by atoms with Gasteiger partial charge in [0.15, 0.2) is 0 Å². The maximum absolute atomic E-state index is 12.5. The highest BCUT2D eigenvalue weighted by atomic mass is 16.4. The first-order valence-electron chi connectivity index (χ1n) is 6.84. The molecule has 0 aliphatic carbocycles. The van der Waals surface area contributed by atoms with Crippen LogP contribution in [0.15, 0.2) is 30.6 Å². The molecule has 5 nitrogen and oxygen atoms in total. The van der Waals surface area contributed by atoms with Crippen LogP contribution in [0.25, 0.3) is 0 Å². The van der Waals surface area contributed by atoms with Crippen LogP contribution in [0.1, 0.15) is 37.4 Å². The molecular weight excluding hydrogens is 268 g/mol. The van der Waals surface area contributed by atoms with Crippen molar-refractivity contribution in [1.82, 2.24) is 9.88 Å². The number of fused-ring (bicyclic) bond motifs is 1. The van der Waals surface area contributed by atoms with Gasteiger partial charge in [-0.15, -0.1) is 0 Å². The van der Waals surface area contributed by atoms with Gasteiger partial charge in [0.2, 0.25) is 0 Å². The number of H-pyrrole nitrogens is 1. The highest BCUT2D eigenvalue weighted by molar-refractivity contribution is 5.95. The van der Waals surface area contributed by atoms with Crippen molar-refractivity contribution in [2.45, 2.75) is 19.9 Å². The summed E-state index contributed by atoms with van der Waals surface area (Å²) in [5.41, 5.74) is 3.90. The summed E-state index contributed by atoms with van der Waals surface area (Å²) in [5.74, 6) is -0.956. The minimum absolute atomic E-state index is 0.0138. The smallest absolute Gasteiger partial charge is 0.335 e. The highest BCUT2D eigenvalue weighted by Gasteiger charge is 2.23. The number of hydrogen-bond acceptors (Lipinski definition) is 2. The van der Waals surface area contributed by atoms with Crippen LogP contribution in [-0.2, 0) is 13.0 Å². The number of aryl methyl sites for hydroxylation is 1. The Morgan fingerprint density at radius 1 is 1.24 bits per heavy atom. The summed E-state index contributed by atoms with van der Waals surface area (Å²) in [4.78, 5) is 28.3. The van der Waals surface area contributed by atoms with E-state index in [1.807, 2.05) is 13.0 Å². The largest absolute Gasteiger partial charge is 0.478 e. The van der Waals surface area contributed by atoms with E-state index >= 15 is 0 Å². The number of aromatic amines is 1.